The Morgan fingerprint density at radius 2 is 1.68 bits per heavy atom. The zero-order valence-electron chi connectivity index (χ0n) is 20.3. The number of carbonyl (C=O) groups is 5. The zero-order chi connectivity index (χ0) is 27.6. The number of ketones is 1. The van der Waals surface area contributed by atoms with Crippen molar-refractivity contribution in [1.82, 2.24) is 14.8 Å². The van der Waals surface area contributed by atoms with Gasteiger partial charge in [-0.25, -0.2) is 4.79 Å². The molecule has 4 rings (SSSR count). The Morgan fingerprint density at radius 1 is 0.974 bits per heavy atom. The monoisotopic (exact) mass is 522 g/mol. The van der Waals surface area contributed by atoms with Crippen LogP contribution in [0.2, 0.25) is 0 Å². The number of anilines is 1. The van der Waals surface area contributed by atoms with Crippen molar-refractivity contribution in [2.75, 3.05) is 25.0 Å². The number of hydrogen-bond donors (Lipinski definition) is 5. The van der Waals surface area contributed by atoms with Crippen molar-refractivity contribution >= 4 is 46.1 Å². The molecule has 38 heavy (non-hydrogen) atoms. The van der Waals surface area contributed by atoms with Gasteiger partial charge >= 0.3 is 5.97 Å². The number of piperazine rings is 1. The Balaban J connectivity index is 1.48. The number of carbonyl (C=O) groups excluding carboxylic acids is 4. The van der Waals surface area contributed by atoms with Gasteiger partial charge in [-0.3, -0.25) is 19.2 Å². The summed E-state index contributed by atoms with van der Waals surface area (Å²) in [6.07, 6.45) is -3.23. The first-order valence-electron chi connectivity index (χ1n) is 11.8. The number of aromatic nitrogens is 1. The van der Waals surface area contributed by atoms with Crippen molar-refractivity contribution in [3.05, 3.63) is 65.9 Å². The summed E-state index contributed by atoms with van der Waals surface area (Å²) in [4.78, 5) is 68.0. The summed E-state index contributed by atoms with van der Waals surface area (Å²) < 4.78 is 0. The fourth-order valence-electron chi connectivity index (χ4n) is 4.38. The molecule has 0 bridgehead atoms. The van der Waals surface area contributed by atoms with E-state index in [0.29, 0.717) is 10.9 Å². The number of Topliss-reactive ketones (excluding diaryl/α,β-unsaturated/α-hetero) is 1. The van der Waals surface area contributed by atoms with Crippen LogP contribution in [0.25, 0.3) is 10.9 Å². The molecule has 1 fully saturated rings. The molecule has 3 aromatic rings. The maximum Gasteiger partial charge on any atom is 0.335 e. The van der Waals surface area contributed by atoms with E-state index in [9.17, 15) is 34.2 Å². The van der Waals surface area contributed by atoms with Crippen LogP contribution in [0.5, 0.6) is 0 Å². The molecule has 1 aromatic heterocycles. The Bertz CT molecular complexity index is 1400. The molecule has 0 spiro atoms. The molecule has 0 saturated carbocycles. The minimum Gasteiger partial charge on any atom is -0.479 e. The lowest BCUT2D eigenvalue weighted by molar-refractivity contribution is -0.156. The molecule has 2 heterocycles. The van der Waals surface area contributed by atoms with Crippen LogP contribution >= 0.6 is 0 Å². The maximum absolute atomic E-state index is 13.2. The summed E-state index contributed by atoms with van der Waals surface area (Å²) in [7, 11) is 0. The molecule has 5 N–H and O–H groups in total. The SMILES string of the molecule is C[C@@H]1CN(C(=O)c2ccccc2)CCN1C(=O)C(=O)c1c[nH]c2c(NC(=O)C(O)C(O)C(=O)O)cccc12. The van der Waals surface area contributed by atoms with Crippen LogP contribution in [0.3, 0.4) is 0 Å². The first kappa shape index (κ1) is 26.5. The first-order valence-corrected chi connectivity index (χ1v) is 11.8. The number of nitrogens with zero attached hydrogens (tertiary/aromatic N) is 2. The molecule has 1 aliphatic heterocycles. The van der Waals surface area contributed by atoms with Crippen molar-refractivity contribution in [2.24, 2.45) is 0 Å². The number of carboxylic acids is 1. The standard InChI is InChI=1S/C26H26N4O8/c1-14-13-29(24(35)15-6-3-2-4-7-15)10-11-30(14)25(36)20(31)17-12-27-19-16(17)8-5-9-18(19)28-23(34)21(32)22(33)26(37)38/h2-9,12,14,21-22,27,32-33H,10-11,13H2,1H3,(H,28,34)(H,37,38)/t14-,21?,22?/m1/s1. The van der Waals surface area contributed by atoms with E-state index in [4.69, 9.17) is 5.11 Å². The van der Waals surface area contributed by atoms with Crippen molar-refractivity contribution in [3.8, 4) is 0 Å². The van der Waals surface area contributed by atoms with E-state index in [1.807, 2.05) is 6.07 Å². The molecule has 2 unspecified atom stereocenters. The van der Waals surface area contributed by atoms with Gasteiger partial charge in [0, 0.05) is 42.8 Å². The number of carboxylic acid groups (broad SMARTS) is 1. The molecule has 12 heteroatoms. The van der Waals surface area contributed by atoms with Crippen LogP contribution in [-0.4, -0.2) is 97.5 Å². The van der Waals surface area contributed by atoms with E-state index in [0.717, 1.165) is 0 Å². The third-order valence-electron chi connectivity index (χ3n) is 6.43. The van der Waals surface area contributed by atoms with Gasteiger partial charge < -0.3 is 35.4 Å². The number of fused-ring (bicyclic) bond motifs is 1. The third kappa shape index (κ3) is 5.12. The topological polar surface area (TPSA) is 180 Å². The summed E-state index contributed by atoms with van der Waals surface area (Å²) in [6, 6.07) is 12.9. The molecule has 3 atom stereocenters. The van der Waals surface area contributed by atoms with E-state index in [1.54, 1.807) is 42.2 Å². The highest BCUT2D eigenvalue weighted by atomic mass is 16.4. The van der Waals surface area contributed by atoms with Gasteiger partial charge in [-0.05, 0) is 25.1 Å². The van der Waals surface area contributed by atoms with Gasteiger partial charge in [-0.2, -0.15) is 0 Å². The number of aliphatic hydroxyl groups excluding tert-OH is 2. The number of rotatable bonds is 7. The fraction of sp³-hybridized carbons (Fsp3) is 0.269. The largest absolute Gasteiger partial charge is 0.479 e. The van der Waals surface area contributed by atoms with Gasteiger partial charge in [0.1, 0.15) is 0 Å². The lowest BCUT2D eigenvalue weighted by atomic mass is 10.1. The number of nitrogens with one attached hydrogen (secondary N) is 2. The summed E-state index contributed by atoms with van der Waals surface area (Å²) >= 11 is 0. The van der Waals surface area contributed by atoms with E-state index in [1.165, 1.54) is 23.2 Å². The Labute approximate surface area is 216 Å². The van der Waals surface area contributed by atoms with E-state index in [2.05, 4.69) is 10.3 Å². The lowest BCUT2D eigenvalue weighted by Crippen LogP contribution is -2.56. The normalized spacial score (nSPS) is 17.1. The average Bonchev–Trinajstić information content (AvgIpc) is 3.36. The molecule has 1 aliphatic rings. The van der Waals surface area contributed by atoms with Gasteiger partial charge in [-0.15, -0.1) is 0 Å². The molecule has 0 aliphatic carbocycles. The number of aliphatic carboxylic acids is 1. The van der Waals surface area contributed by atoms with E-state index in [-0.39, 0.29) is 42.3 Å². The van der Waals surface area contributed by atoms with Crippen molar-refractivity contribution in [1.29, 1.82) is 0 Å². The predicted octanol–water partition coefficient (Wildman–Crippen LogP) is 0.469. The number of hydrogen-bond acceptors (Lipinski definition) is 7. The number of H-pyrrole nitrogens is 1. The summed E-state index contributed by atoms with van der Waals surface area (Å²) in [5.41, 5.74) is 0.974. The Kier molecular flexibility index (Phi) is 7.55. The Hall–Kier alpha value is -4.55. The fourth-order valence-corrected chi connectivity index (χ4v) is 4.38. The number of benzene rings is 2. The number of aromatic amines is 1. The minimum atomic E-state index is -2.32. The van der Waals surface area contributed by atoms with Crippen molar-refractivity contribution in [2.45, 2.75) is 25.2 Å². The van der Waals surface area contributed by atoms with Crippen molar-refractivity contribution < 1.29 is 39.3 Å². The maximum atomic E-state index is 13.2. The number of amides is 3. The third-order valence-corrected chi connectivity index (χ3v) is 6.43. The van der Waals surface area contributed by atoms with Crippen LogP contribution in [-0.2, 0) is 14.4 Å². The van der Waals surface area contributed by atoms with Gasteiger partial charge in [0.25, 0.3) is 23.5 Å². The van der Waals surface area contributed by atoms with Crippen LogP contribution < -0.4 is 5.32 Å². The Morgan fingerprint density at radius 3 is 2.34 bits per heavy atom. The van der Waals surface area contributed by atoms with Crippen LogP contribution in [0.4, 0.5) is 5.69 Å². The van der Waals surface area contributed by atoms with E-state index >= 15 is 0 Å². The second-order valence-electron chi connectivity index (χ2n) is 8.94. The minimum absolute atomic E-state index is 0.0576. The molecular weight excluding hydrogens is 496 g/mol. The first-order chi connectivity index (χ1) is 18.1. The van der Waals surface area contributed by atoms with Crippen LogP contribution in [0.1, 0.15) is 27.6 Å². The van der Waals surface area contributed by atoms with Gasteiger partial charge in [-0.1, -0.05) is 30.3 Å². The molecular formula is C26H26N4O8. The van der Waals surface area contributed by atoms with Gasteiger partial charge in [0.05, 0.1) is 16.8 Å². The second-order valence-corrected chi connectivity index (χ2v) is 8.94. The molecule has 12 nitrogen and oxygen atoms in total. The second kappa shape index (κ2) is 10.8. The van der Waals surface area contributed by atoms with E-state index < -0.39 is 41.8 Å². The highest BCUT2D eigenvalue weighted by molar-refractivity contribution is 6.45. The number of para-hydroxylation sites is 1. The lowest BCUT2D eigenvalue weighted by Gasteiger charge is -2.39. The molecule has 1 saturated heterocycles. The number of aliphatic hydroxyl groups is 2. The van der Waals surface area contributed by atoms with Crippen LogP contribution in [0, 0.1) is 0 Å². The van der Waals surface area contributed by atoms with Crippen LogP contribution in [0.15, 0.2) is 54.7 Å². The molecule has 2 aromatic carbocycles. The summed E-state index contributed by atoms with van der Waals surface area (Å²) in [6.45, 7) is 2.47. The summed E-state index contributed by atoms with van der Waals surface area (Å²) in [5, 5.41) is 30.6. The van der Waals surface area contributed by atoms with Gasteiger partial charge in [0.2, 0.25) is 0 Å². The average molecular weight is 523 g/mol. The molecule has 0 radical (unpaired) electrons. The highest BCUT2D eigenvalue weighted by Gasteiger charge is 2.35. The summed E-state index contributed by atoms with van der Waals surface area (Å²) in [5.74, 6) is -4.60. The highest BCUT2D eigenvalue weighted by Crippen LogP contribution is 2.27. The quantitative estimate of drug-likeness (QED) is 0.219. The van der Waals surface area contributed by atoms with Gasteiger partial charge in [0.15, 0.2) is 12.2 Å². The smallest absolute Gasteiger partial charge is 0.335 e. The predicted molar refractivity (Wildman–Crippen MR) is 134 cm³/mol. The van der Waals surface area contributed by atoms with Crippen molar-refractivity contribution in [3.63, 3.8) is 0 Å². The molecule has 3 amide bonds. The molecule has 198 valence electrons. The zero-order valence-corrected chi connectivity index (χ0v) is 20.3.